The van der Waals surface area contributed by atoms with Crippen molar-refractivity contribution < 1.29 is 13.9 Å². The zero-order chi connectivity index (χ0) is 30.7. The van der Waals surface area contributed by atoms with Crippen LogP contribution in [0.5, 0.6) is 23.0 Å². The Morgan fingerprint density at radius 2 is 0.957 bits per heavy atom. The van der Waals surface area contributed by atoms with Gasteiger partial charge < -0.3 is 18.5 Å². The highest BCUT2D eigenvalue weighted by atomic mass is 28.3. The van der Waals surface area contributed by atoms with Crippen LogP contribution in [0, 0.1) is 0 Å². The van der Waals surface area contributed by atoms with Crippen LogP contribution < -0.4 is 30.2 Å². The zero-order valence-electron chi connectivity index (χ0n) is 25.1. The standard InChI is InChI=1S/C42H25NO3Si/c1-4-14-32-28(11-1)29-12-2-5-15-33(29)43(32)26-23-38-42-39(24-26)46-37-18-8-10-20-41(37)47(42,40-19-9-7-17-36(40)45-38)27-21-22-35-31(25-27)30-13-3-6-16-34(30)44-35/h1-25H. The number of para-hydroxylation sites is 5. The van der Waals surface area contributed by atoms with E-state index in [1.165, 1.54) is 26.3 Å². The topological polar surface area (TPSA) is 36.5 Å². The van der Waals surface area contributed by atoms with Gasteiger partial charge >= 0.3 is 0 Å². The molecule has 4 heterocycles. The molecule has 220 valence electrons. The van der Waals surface area contributed by atoms with Crippen molar-refractivity contribution in [1.29, 1.82) is 0 Å². The van der Waals surface area contributed by atoms with Crippen molar-refractivity contribution in [1.82, 2.24) is 4.57 Å². The Hall–Kier alpha value is -6.04. The highest BCUT2D eigenvalue weighted by molar-refractivity contribution is 7.21. The van der Waals surface area contributed by atoms with Gasteiger partial charge in [-0.15, -0.1) is 0 Å². The second-order valence-electron chi connectivity index (χ2n) is 12.4. The van der Waals surface area contributed by atoms with Crippen molar-refractivity contribution in [2.75, 3.05) is 0 Å². The fraction of sp³-hybridized carbons (Fsp3) is 0. The number of rotatable bonds is 2. The molecule has 9 aromatic rings. The number of hydrogen-bond donors (Lipinski definition) is 0. The quantitative estimate of drug-likeness (QED) is 0.183. The van der Waals surface area contributed by atoms with Crippen molar-refractivity contribution in [2.24, 2.45) is 0 Å². The second-order valence-corrected chi connectivity index (χ2v) is 16.1. The predicted octanol–water partition coefficient (Wildman–Crippen LogP) is 8.27. The molecule has 5 heteroatoms. The lowest BCUT2D eigenvalue weighted by atomic mass is 10.1. The Morgan fingerprint density at radius 3 is 1.62 bits per heavy atom. The molecule has 4 nitrogen and oxygen atoms in total. The van der Waals surface area contributed by atoms with Crippen LogP contribution >= 0.6 is 0 Å². The van der Waals surface area contributed by atoms with E-state index in [0.717, 1.165) is 66.8 Å². The van der Waals surface area contributed by atoms with Crippen LogP contribution in [0.2, 0.25) is 0 Å². The molecule has 0 bridgehead atoms. The van der Waals surface area contributed by atoms with Gasteiger partial charge in [0.25, 0.3) is 0 Å². The molecule has 0 unspecified atom stereocenters. The largest absolute Gasteiger partial charge is 0.457 e. The SMILES string of the molecule is c1ccc2c(c1)Oc1cc(-n3c4ccccc4c4ccccc43)cc3c1[Si]2(c1ccc2oc4ccccc4c2c1)c1ccccc1O3. The van der Waals surface area contributed by atoms with Gasteiger partial charge in [0.15, 0.2) is 8.07 Å². The van der Waals surface area contributed by atoms with Gasteiger partial charge in [-0.3, -0.25) is 0 Å². The minimum atomic E-state index is -2.95. The Balaban J connectivity index is 1.27. The molecule has 2 aliphatic heterocycles. The lowest BCUT2D eigenvalue weighted by Crippen LogP contribution is -2.77. The first kappa shape index (κ1) is 25.2. The highest BCUT2D eigenvalue weighted by Gasteiger charge is 2.54. The maximum Gasteiger partial charge on any atom is 0.197 e. The normalized spacial score (nSPS) is 14.0. The highest BCUT2D eigenvalue weighted by Crippen LogP contribution is 2.42. The lowest BCUT2D eigenvalue weighted by Gasteiger charge is -2.43. The van der Waals surface area contributed by atoms with Gasteiger partial charge in [0, 0.05) is 38.9 Å². The van der Waals surface area contributed by atoms with Crippen molar-refractivity contribution >= 4 is 72.6 Å². The number of benzene rings is 7. The first-order valence-corrected chi connectivity index (χ1v) is 17.9. The van der Waals surface area contributed by atoms with Crippen LogP contribution in [0.15, 0.2) is 156 Å². The molecular weight excluding hydrogens is 595 g/mol. The summed E-state index contributed by atoms with van der Waals surface area (Å²) in [6.45, 7) is 0. The number of fused-ring (bicyclic) bond motifs is 10. The van der Waals surface area contributed by atoms with Gasteiger partial charge in [0.05, 0.1) is 16.7 Å². The fourth-order valence-electron chi connectivity index (χ4n) is 8.23. The third-order valence-electron chi connectivity index (χ3n) is 10.1. The molecule has 2 aliphatic rings. The molecule has 0 aliphatic carbocycles. The smallest absolute Gasteiger partial charge is 0.197 e. The summed E-state index contributed by atoms with van der Waals surface area (Å²) in [6.07, 6.45) is 0. The van der Waals surface area contributed by atoms with E-state index in [1.807, 2.05) is 12.1 Å². The lowest BCUT2D eigenvalue weighted by molar-refractivity contribution is 0.463. The van der Waals surface area contributed by atoms with Crippen molar-refractivity contribution in [3.63, 3.8) is 0 Å². The molecule has 0 amide bonds. The number of aromatic nitrogens is 1. The minimum absolute atomic E-state index is 0.844. The van der Waals surface area contributed by atoms with Crippen LogP contribution in [-0.4, -0.2) is 12.6 Å². The molecule has 0 spiro atoms. The Labute approximate surface area is 270 Å². The van der Waals surface area contributed by atoms with Crippen molar-refractivity contribution in [3.05, 3.63) is 152 Å². The van der Waals surface area contributed by atoms with E-state index in [1.54, 1.807) is 0 Å². The van der Waals surface area contributed by atoms with Gasteiger partial charge in [-0.2, -0.15) is 0 Å². The average molecular weight is 620 g/mol. The van der Waals surface area contributed by atoms with Crippen molar-refractivity contribution in [2.45, 2.75) is 0 Å². The summed E-state index contributed by atoms with van der Waals surface area (Å²) in [5.74, 6) is 3.48. The van der Waals surface area contributed by atoms with Gasteiger partial charge in [-0.05, 0) is 52.0 Å². The van der Waals surface area contributed by atoms with E-state index in [0.29, 0.717) is 0 Å². The summed E-state index contributed by atoms with van der Waals surface area (Å²) in [4.78, 5) is 0. The van der Waals surface area contributed by atoms with Crippen molar-refractivity contribution in [3.8, 4) is 28.7 Å². The predicted molar refractivity (Wildman–Crippen MR) is 192 cm³/mol. The number of hydrogen-bond acceptors (Lipinski definition) is 3. The summed E-state index contributed by atoms with van der Waals surface area (Å²) < 4.78 is 22.5. The summed E-state index contributed by atoms with van der Waals surface area (Å²) in [7, 11) is -2.95. The van der Waals surface area contributed by atoms with E-state index >= 15 is 0 Å². The maximum atomic E-state index is 6.91. The molecule has 0 fully saturated rings. The molecule has 0 radical (unpaired) electrons. The molecule has 11 rings (SSSR count). The van der Waals surface area contributed by atoms with Gasteiger partial charge in [0.2, 0.25) is 0 Å². The van der Waals surface area contributed by atoms with E-state index in [2.05, 4.69) is 144 Å². The van der Waals surface area contributed by atoms with Gasteiger partial charge in [-0.1, -0.05) is 103 Å². The maximum absolute atomic E-state index is 6.91. The van der Waals surface area contributed by atoms with Crippen LogP contribution in [0.1, 0.15) is 0 Å². The van der Waals surface area contributed by atoms with Crippen LogP contribution in [0.3, 0.4) is 0 Å². The molecule has 0 saturated carbocycles. The second kappa shape index (κ2) is 9.03. The van der Waals surface area contributed by atoms with E-state index in [-0.39, 0.29) is 0 Å². The molecule has 47 heavy (non-hydrogen) atoms. The molecule has 2 aromatic heterocycles. The molecule has 0 atom stereocenters. The van der Waals surface area contributed by atoms with E-state index in [9.17, 15) is 0 Å². The Kier molecular flexibility index (Phi) is 4.84. The van der Waals surface area contributed by atoms with Gasteiger partial charge in [0.1, 0.15) is 34.2 Å². The molecule has 0 saturated heterocycles. The third-order valence-corrected chi connectivity index (χ3v) is 15.0. The average Bonchev–Trinajstić information content (AvgIpc) is 3.67. The molecule has 0 N–H and O–H groups in total. The Bertz CT molecular complexity index is 2650. The Morgan fingerprint density at radius 1 is 0.426 bits per heavy atom. The number of ether oxygens (including phenoxy) is 2. The van der Waals surface area contributed by atoms with Gasteiger partial charge in [-0.25, -0.2) is 0 Å². The summed E-state index contributed by atoms with van der Waals surface area (Å²) in [6, 6.07) is 53.9. The van der Waals surface area contributed by atoms with Crippen LogP contribution in [0.4, 0.5) is 0 Å². The molecule has 7 aromatic carbocycles. The minimum Gasteiger partial charge on any atom is -0.457 e. The number of nitrogens with zero attached hydrogens (tertiary/aromatic N) is 1. The fourth-order valence-corrected chi connectivity index (χ4v) is 13.4. The third kappa shape index (κ3) is 3.21. The monoisotopic (exact) mass is 619 g/mol. The first-order valence-electron chi connectivity index (χ1n) is 15.9. The summed E-state index contributed by atoms with van der Waals surface area (Å²) in [5.41, 5.74) is 5.09. The molecular formula is C42H25NO3Si. The zero-order valence-corrected chi connectivity index (χ0v) is 26.1. The number of furan rings is 1. The summed E-state index contributed by atoms with van der Waals surface area (Å²) in [5, 5.41) is 9.55. The van der Waals surface area contributed by atoms with Crippen LogP contribution in [0.25, 0.3) is 49.4 Å². The summed E-state index contributed by atoms with van der Waals surface area (Å²) >= 11 is 0. The van der Waals surface area contributed by atoms with E-state index in [4.69, 9.17) is 13.9 Å². The first-order chi connectivity index (χ1) is 23.3. The van der Waals surface area contributed by atoms with E-state index < -0.39 is 8.07 Å². The van der Waals surface area contributed by atoms with Crippen LogP contribution in [-0.2, 0) is 0 Å².